The van der Waals surface area contributed by atoms with Crippen LogP contribution in [0.2, 0.25) is 15.1 Å². The Morgan fingerprint density at radius 2 is 1.95 bits per heavy atom. The Morgan fingerprint density at radius 1 is 1.32 bits per heavy atom. The molecule has 0 aliphatic carbocycles. The van der Waals surface area contributed by atoms with Crippen molar-refractivity contribution in [1.82, 2.24) is 0 Å². The number of carbonyl (C=O) groups is 1. The third-order valence-corrected chi connectivity index (χ3v) is 3.78. The smallest absolute Gasteiger partial charge is 0.372 e. The molecule has 19 heavy (non-hydrogen) atoms. The Morgan fingerprint density at radius 3 is 2.47 bits per heavy atom. The van der Waals surface area contributed by atoms with Crippen molar-refractivity contribution in [3.63, 3.8) is 0 Å². The van der Waals surface area contributed by atoms with E-state index in [2.05, 4.69) is 0 Å². The molecule has 0 saturated carbocycles. The molecule has 2 rings (SSSR count). The Hall–Kier alpha value is -0.900. The van der Waals surface area contributed by atoms with Crippen LogP contribution in [0.15, 0.2) is 10.5 Å². The lowest BCUT2D eigenvalue weighted by Gasteiger charge is -2.05. The van der Waals surface area contributed by atoms with E-state index < -0.39 is 5.97 Å². The Kier molecular flexibility index (Phi) is 4.00. The first-order valence-electron chi connectivity index (χ1n) is 5.65. The average Bonchev–Trinajstić information content (AvgIpc) is 2.65. The van der Waals surface area contributed by atoms with Crippen LogP contribution in [0.1, 0.15) is 30.0 Å². The maximum atomic E-state index is 11.3. The van der Waals surface area contributed by atoms with E-state index in [1.165, 1.54) is 6.07 Å². The maximum absolute atomic E-state index is 11.3. The van der Waals surface area contributed by atoms with Gasteiger partial charge in [0.2, 0.25) is 5.76 Å². The van der Waals surface area contributed by atoms with Crippen molar-refractivity contribution >= 4 is 51.7 Å². The molecule has 2 aromatic rings. The van der Waals surface area contributed by atoms with Crippen LogP contribution in [0, 0.1) is 5.92 Å². The number of hydrogen-bond donors (Lipinski definition) is 1. The van der Waals surface area contributed by atoms with Gasteiger partial charge in [-0.1, -0.05) is 48.7 Å². The topological polar surface area (TPSA) is 50.4 Å². The fraction of sp³-hybridized carbons (Fsp3) is 0.308. The summed E-state index contributed by atoms with van der Waals surface area (Å²) in [5, 5.41) is 10.5. The van der Waals surface area contributed by atoms with Crippen molar-refractivity contribution < 1.29 is 14.3 Å². The minimum absolute atomic E-state index is 0.130. The van der Waals surface area contributed by atoms with Gasteiger partial charge in [0.1, 0.15) is 0 Å². The minimum atomic E-state index is -1.14. The highest BCUT2D eigenvalue weighted by Crippen LogP contribution is 2.41. The molecule has 0 fully saturated rings. The lowest BCUT2D eigenvalue weighted by molar-refractivity contribution is 0.0663. The summed E-state index contributed by atoms with van der Waals surface area (Å²) in [6.45, 7) is 3.95. The van der Waals surface area contributed by atoms with Crippen LogP contribution in [-0.2, 0) is 6.42 Å². The molecule has 0 saturated heterocycles. The second-order valence-electron chi connectivity index (χ2n) is 4.67. The highest BCUT2D eigenvalue weighted by molar-refractivity contribution is 6.47. The van der Waals surface area contributed by atoms with Gasteiger partial charge in [-0.25, -0.2) is 4.79 Å². The number of furan rings is 1. The third-order valence-electron chi connectivity index (χ3n) is 2.71. The van der Waals surface area contributed by atoms with Crippen LogP contribution in [0.5, 0.6) is 0 Å². The molecule has 6 heteroatoms. The van der Waals surface area contributed by atoms with Gasteiger partial charge in [-0.2, -0.15) is 0 Å². The second-order valence-corrected chi connectivity index (χ2v) is 5.86. The number of aromatic carboxylic acids is 1. The van der Waals surface area contributed by atoms with Crippen molar-refractivity contribution in [3.05, 3.63) is 32.5 Å². The molecule has 0 unspecified atom stereocenters. The summed E-state index contributed by atoms with van der Waals surface area (Å²) >= 11 is 18.2. The van der Waals surface area contributed by atoms with Crippen LogP contribution in [-0.4, -0.2) is 11.1 Å². The van der Waals surface area contributed by atoms with Gasteiger partial charge >= 0.3 is 5.97 Å². The van der Waals surface area contributed by atoms with E-state index in [0.717, 1.165) is 0 Å². The van der Waals surface area contributed by atoms with Crippen molar-refractivity contribution in [3.8, 4) is 0 Å². The van der Waals surface area contributed by atoms with E-state index in [9.17, 15) is 9.90 Å². The molecule has 0 aliphatic heterocycles. The molecular formula is C13H11Cl3O3. The largest absolute Gasteiger partial charge is 0.475 e. The molecule has 0 atom stereocenters. The monoisotopic (exact) mass is 320 g/mol. The van der Waals surface area contributed by atoms with Crippen LogP contribution in [0.25, 0.3) is 11.0 Å². The normalized spacial score (nSPS) is 11.5. The molecule has 0 aliphatic rings. The molecule has 1 aromatic heterocycles. The van der Waals surface area contributed by atoms with E-state index in [4.69, 9.17) is 39.2 Å². The summed E-state index contributed by atoms with van der Waals surface area (Å²) in [6, 6.07) is 1.45. The van der Waals surface area contributed by atoms with Crippen LogP contribution >= 0.6 is 34.8 Å². The van der Waals surface area contributed by atoms with E-state index in [1.807, 2.05) is 13.8 Å². The number of benzene rings is 1. The predicted molar refractivity (Wildman–Crippen MR) is 76.7 cm³/mol. The maximum Gasteiger partial charge on any atom is 0.372 e. The summed E-state index contributed by atoms with van der Waals surface area (Å²) in [6.07, 6.45) is 0.519. The quantitative estimate of drug-likeness (QED) is 0.781. The first kappa shape index (κ1) is 14.5. The lowest BCUT2D eigenvalue weighted by Crippen LogP contribution is -2.02. The summed E-state index contributed by atoms with van der Waals surface area (Å²) < 4.78 is 5.35. The fourth-order valence-corrected chi connectivity index (χ4v) is 2.76. The van der Waals surface area contributed by atoms with E-state index in [1.54, 1.807) is 0 Å². The van der Waals surface area contributed by atoms with Crippen molar-refractivity contribution in [2.75, 3.05) is 0 Å². The molecule has 0 bridgehead atoms. The van der Waals surface area contributed by atoms with E-state index in [-0.39, 0.29) is 32.3 Å². The molecule has 0 radical (unpaired) electrons. The Bertz CT molecular complexity index is 659. The lowest BCUT2D eigenvalue weighted by atomic mass is 10.00. The van der Waals surface area contributed by atoms with Gasteiger partial charge in [0.05, 0.1) is 15.1 Å². The SMILES string of the molecule is CC(C)Cc1c(C(=O)O)oc2c(Cl)cc(Cl)c(Cl)c12. The first-order valence-corrected chi connectivity index (χ1v) is 6.78. The van der Waals surface area contributed by atoms with Crippen molar-refractivity contribution in [2.24, 2.45) is 5.92 Å². The summed E-state index contributed by atoms with van der Waals surface area (Å²) in [5.74, 6) is -1.03. The van der Waals surface area contributed by atoms with Gasteiger partial charge in [-0.05, 0) is 18.4 Å². The van der Waals surface area contributed by atoms with Crippen LogP contribution in [0.4, 0.5) is 0 Å². The number of halogens is 3. The Balaban J connectivity index is 2.87. The number of rotatable bonds is 3. The summed E-state index contributed by atoms with van der Waals surface area (Å²) in [7, 11) is 0. The van der Waals surface area contributed by atoms with Gasteiger partial charge < -0.3 is 9.52 Å². The predicted octanol–water partition coefficient (Wildman–Crippen LogP) is 5.29. The third kappa shape index (κ3) is 2.55. The number of fused-ring (bicyclic) bond motifs is 1. The summed E-state index contributed by atoms with van der Waals surface area (Å²) in [4.78, 5) is 11.3. The Labute approximate surface area is 125 Å². The second kappa shape index (κ2) is 5.23. The zero-order valence-corrected chi connectivity index (χ0v) is 12.5. The van der Waals surface area contributed by atoms with Crippen LogP contribution < -0.4 is 0 Å². The fourth-order valence-electron chi connectivity index (χ4n) is 2.00. The van der Waals surface area contributed by atoms with Gasteiger partial charge in [0.25, 0.3) is 0 Å². The molecule has 3 nitrogen and oxygen atoms in total. The molecule has 1 heterocycles. The first-order chi connectivity index (χ1) is 8.82. The molecule has 1 N–H and O–H groups in total. The molecule has 102 valence electrons. The number of hydrogen-bond acceptors (Lipinski definition) is 2. The minimum Gasteiger partial charge on any atom is -0.475 e. The van der Waals surface area contributed by atoms with E-state index in [0.29, 0.717) is 17.4 Å². The number of carboxylic acids is 1. The highest BCUT2D eigenvalue weighted by atomic mass is 35.5. The zero-order chi connectivity index (χ0) is 14.3. The standard InChI is InChI=1S/C13H11Cl3O3/c1-5(2)3-6-9-10(16)7(14)4-8(15)12(9)19-11(6)13(17)18/h4-5H,3H2,1-2H3,(H,17,18). The molecule has 1 aromatic carbocycles. The van der Waals surface area contributed by atoms with Gasteiger partial charge in [0.15, 0.2) is 5.58 Å². The van der Waals surface area contributed by atoms with Crippen LogP contribution in [0.3, 0.4) is 0 Å². The summed E-state index contributed by atoms with van der Waals surface area (Å²) in [5.41, 5.74) is 0.802. The molecule has 0 spiro atoms. The highest BCUT2D eigenvalue weighted by Gasteiger charge is 2.25. The van der Waals surface area contributed by atoms with Gasteiger partial charge in [0, 0.05) is 10.9 Å². The van der Waals surface area contributed by atoms with E-state index >= 15 is 0 Å². The van der Waals surface area contributed by atoms with Crippen molar-refractivity contribution in [2.45, 2.75) is 20.3 Å². The van der Waals surface area contributed by atoms with Gasteiger partial charge in [-0.15, -0.1) is 0 Å². The zero-order valence-electron chi connectivity index (χ0n) is 10.3. The molecular weight excluding hydrogens is 310 g/mol. The molecule has 0 amide bonds. The van der Waals surface area contributed by atoms with Crippen molar-refractivity contribution in [1.29, 1.82) is 0 Å². The average molecular weight is 322 g/mol. The number of carboxylic acid groups (broad SMARTS) is 1. The van der Waals surface area contributed by atoms with Gasteiger partial charge in [-0.3, -0.25) is 0 Å².